The topological polar surface area (TPSA) is 12.4 Å². The van der Waals surface area contributed by atoms with Crippen LogP contribution in [-0.4, -0.2) is 18.1 Å². The molecule has 13 heavy (non-hydrogen) atoms. The Labute approximate surface area is 85.8 Å². The zero-order chi connectivity index (χ0) is 9.52. The van der Waals surface area contributed by atoms with E-state index in [0.717, 1.165) is 23.9 Å². The van der Waals surface area contributed by atoms with Gasteiger partial charge in [0.05, 0.1) is 0 Å². The molecule has 0 radical (unpaired) electrons. The van der Waals surface area contributed by atoms with E-state index >= 15 is 0 Å². The summed E-state index contributed by atoms with van der Waals surface area (Å²) in [6.45, 7) is 0.808. The fourth-order valence-corrected chi connectivity index (χ4v) is 1.12. The summed E-state index contributed by atoms with van der Waals surface area (Å²) in [6, 6.07) is 6.30. The van der Waals surface area contributed by atoms with Gasteiger partial charge >= 0.3 is 0 Å². The molecule has 1 rings (SSSR count). The van der Waals surface area contributed by atoms with Crippen LogP contribution in [0.4, 0.5) is 4.39 Å². The van der Waals surface area contributed by atoms with Gasteiger partial charge in [0.25, 0.3) is 0 Å². The lowest BCUT2D eigenvalue weighted by atomic mass is 10.2. The van der Waals surface area contributed by atoms with E-state index in [2.05, 4.69) is 20.9 Å². The molecule has 1 aromatic rings. The minimum Gasteiger partial charge on any atom is -0.293 e. The number of hydrogen-bond donors (Lipinski definition) is 0. The first-order valence-electron chi connectivity index (χ1n) is 4.14. The van der Waals surface area contributed by atoms with Gasteiger partial charge in [0.2, 0.25) is 0 Å². The lowest BCUT2D eigenvalue weighted by molar-refractivity contribution is 0.628. The maximum atomic E-state index is 12.5. The molecule has 0 saturated carbocycles. The van der Waals surface area contributed by atoms with E-state index in [4.69, 9.17) is 0 Å². The lowest BCUT2D eigenvalue weighted by Crippen LogP contribution is -1.85. The maximum Gasteiger partial charge on any atom is 0.123 e. The van der Waals surface area contributed by atoms with Crippen molar-refractivity contribution >= 4 is 22.1 Å². The minimum absolute atomic E-state index is 0.211. The Morgan fingerprint density at radius 2 is 2.00 bits per heavy atom. The number of alkyl halides is 1. The highest BCUT2D eigenvalue weighted by atomic mass is 79.9. The van der Waals surface area contributed by atoms with Crippen molar-refractivity contribution in [3.63, 3.8) is 0 Å². The van der Waals surface area contributed by atoms with Crippen LogP contribution in [-0.2, 0) is 0 Å². The van der Waals surface area contributed by atoms with Crippen molar-refractivity contribution in [2.45, 2.75) is 6.42 Å². The third-order valence-corrected chi connectivity index (χ3v) is 2.09. The number of hydrogen-bond acceptors (Lipinski definition) is 1. The molecular formula is C10H11BrFN. The summed E-state index contributed by atoms with van der Waals surface area (Å²) in [4.78, 5) is 4.18. The van der Waals surface area contributed by atoms with Crippen LogP contribution in [0.2, 0.25) is 0 Å². The third kappa shape index (κ3) is 4.18. The quantitative estimate of drug-likeness (QED) is 0.438. The first-order valence-corrected chi connectivity index (χ1v) is 5.26. The molecule has 0 spiro atoms. The summed E-state index contributed by atoms with van der Waals surface area (Å²) >= 11 is 3.32. The Bertz CT molecular complexity index is 269. The van der Waals surface area contributed by atoms with Crippen molar-refractivity contribution in [1.82, 2.24) is 0 Å². The highest BCUT2D eigenvalue weighted by molar-refractivity contribution is 9.09. The molecule has 1 nitrogen and oxygen atoms in total. The molecular weight excluding hydrogens is 233 g/mol. The fraction of sp³-hybridized carbons (Fsp3) is 0.300. The molecule has 1 aromatic carbocycles. The Morgan fingerprint density at radius 3 is 2.62 bits per heavy atom. The van der Waals surface area contributed by atoms with E-state index in [1.807, 2.05) is 0 Å². The van der Waals surface area contributed by atoms with Crippen molar-refractivity contribution < 1.29 is 4.39 Å². The second-order valence-electron chi connectivity index (χ2n) is 2.63. The van der Waals surface area contributed by atoms with E-state index in [0.29, 0.717) is 0 Å². The second-order valence-corrected chi connectivity index (χ2v) is 3.42. The Kier molecular flexibility index (Phi) is 4.68. The van der Waals surface area contributed by atoms with Gasteiger partial charge in [-0.15, -0.1) is 0 Å². The van der Waals surface area contributed by atoms with Crippen molar-refractivity contribution in [2.75, 3.05) is 11.9 Å². The molecule has 0 saturated heterocycles. The van der Waals surface area contributed by atoms with Crippen LogP contribution in [0.15, 0.2) is 29.3 Å². The Morgan fingerprint density at radius 1 is 1.31 bits per heavy atom. The van der Waals surface area contributed by atoms with Crippen molar-refractivity contribution in [1.29, 1.82) is 0 Å². The number of halogens is 2. The highest BCUT2D eigenvalue weighted by Gasteiger charge is 1.88. The van der Waals surface area contributed by atoms with Gasteiger partial charge in [0.1, 0.15) is 5.82 Å². The number of rotatable bonds is 4. The van der Waals surface area contributed by atoms with Crippen LogP contribution in [0.25, 0.3) is 0 Å². The van der Waals surface area contributed by atoms with E-state index in [-0.39, 0.29) is 5.82 Å². The summed E-state index contributed by atoms with van der Waals surface area (Å²) in [5, 5.41) is 0.966. The highest BCUT2D eigenvalue weighted by Crippen LogP contribution is 1.99. The predicted octanol–water partition coefficient (Wildman–Crippen LogP) is 3.03. The molecule has 70 valence electrons. The molecule has 0 fully saturated rings. The zero-order valence-electron chi connectivity index (χ0n) is 7.21. The molecule has 0 aliphatic heterocycles. The van der Waals surface area contributed by atoms with Gasteiger partial charge in [-0.1, -0.05) is 28.1 Å². The molecule has 0 N–H and O–H groups in total. The fourth-order valence-electron chi connectivity index (χ4n) is 0.870. The van der Waals surface area contributed by atoms with E-state index in [9.17, 15) is 4.39 Å². The summed E-state index contributed by atoms with van der Waals surface area (Å²) in [5.41, 5.74) is 0.941. The predicted molar refractivity (Wildman–Crippen MR) is 57.3 cm³/mol. The van der Waals surface area contributed by atoms with E-state index in [1.165, 1.54) is 12.1 Å². The van der Waals surface area contributed by atoms with E-state index in [1.54, 1.807) is 18.3 Å². The van der Waals surface area contributed by atoms with Gasteiger partial charge in [0, 0.05) is 18.1 Å². The van der Waals surface area contributed by atoms with Crippen LogP contribution in [0.5, 0.6) is 0 Å². The maximum absolute atomic E-state index is 12.5. The normalized spacial score (nSPS) is 10.9. The molecule has 0 atom stereocenters. The monoisotopic (exact) mass is 243 g/mol. The van der Waals surface area contributed by atoms with Gasteiger partial charge in [-0.3, -0.25) is 4.99 Å². The van der Waals surface area contributed by atoms with Gasteiger partial charge in [0.15, 0.2) is 0 Å². The van der Waals surface area contributed by atoms with Gasteiger partial charge in [-0.2, -0.15) is 0 Å². The Hall–Kier alpha value is -0.700. The molecule has 3 heteroatoms. The van der Waals surface area contributed by atoms with Crippen molar-refractivity contribution in [3.05, 3.63) is 35.6 Å². The average Bonchev–Trinajstić information content (AvgIpc) is 2.15. The molecule has 0 aliphatic rings. The molecule has 0 aliphatic carbocycles. The Balaban J connectivity index is 2.44. The largest absolute Gasteiger partial charge is 0.293 e. The minimum atomic E-state index is -0.211. The molecule has 0 unspecified atom stereocenters. The summed E-state index contributed by atoms with van der Waals surface area (Å²) < 4.78 is 12.5. The average molecular weight is 244 g/mol. The van der Waals surface area contributed by atoms with Crippen LogP contribution >= 0.6 is 15.9 Å². The molecule has 0 amide bonds. The van der Waals surface area contributed by atoms with Gasteiger partial charge in [-0.05, 0) is 24.1 Å². The second kappa shape index (κ2) is 5.86. The van der Waals surface area contributed by atoms with Crippen molar-refractivity contribution in [2.24, 2.45) is 4.99 Å². The van der Waals surface area contributed by atoms with E-state index < -0.39 is 0 Å². The van der Waals surface area contributed by atoms with Crippen LogP contribution in [0, 0.1) is 5.82 Å². The zero-order valence-corrected chi connectivity index (χ0v) is 8.80. The first kappa shape index (κ1) is 10.4. The third-order valence-electron chi connectivity index (χ3n) is 1.53. The summed E-state index contributed by atoms with van der Waals surface area (Å²) in [7, 11) is 0. The SMILES string of the molecule is Fc1ccc(C=NCCCBr)cc1. The number of aliphatic imine (C=N–C) groups is 1. The number of benzene rings is 1. The van der Waals surface area contributed by atoms with Crippen LogP contribution < -0.4 is 0 Å². The standard InChI is InChI=1S/C10H11BrFN/c11-6-1-7-13-8-9-2-4-10(12)5-3-9/h2-5,8H,1,6-7H2. The molecule has 0 aromatic heterocycles. The smallest absolute Gasteiger partial charge is 0.123 e. The molecule has 0 heterocycles. The lowest BCUT2D eigenvalue weighted by Gasteiger charge is -1.92. The first-order chi connectivity index (χ1) is 6.33. The number of nitrogens with zero attached hydrogens (tertiary/aromatic N) is 1. The van der Waals surface area contributed by atoms with Crippen molar-refractivity contribution in [3.8, 4) is 0 Å². The molecule has 0 bridgehead atoms. The summed E-state index contributed by atoms with van der Waals surface area (Å²) in [6.07, 6.45) is 2.79. The summed E-state index contributed by atoms with van der Waals surface area (Å²) in [5.74, 6) is -0.211. The van der Waals surface area contributed by atoms with Gasteiger partial charge in [-0.25, -0.2) is 4.39 Å². The van der Waals surface area contributed by atoms with Crippen LogP contribution in [0.3, 0.4) is 0 Å². The van der Waals surface area contributed by atoms with Gasteiger partial charge < -0.3 is 0 Å². The van der Waals surface area contributed by atoms with Crippen LogP contribution in [0.1, 0.15) is 12.0 Å².